The third kappa shape index (κ3) is 3.83. The van der Waals surface area contributed by atoms with Crippen LogP contribution in [-0.2, 0) is 18.4 Å². The zero-order valence-corrected chi connectivity index (χ0v) is 14.5. The van der Waals surface area contributed by atoms with Crippen LogP contribution in [0, 0.1) is 6.92 Å². The SMILES string of the molecule is Cc1ccc(OCC(=O)N(Cc2cccs2)c2ccnn2C)cc1. The van der Waals surface area contributed by atoms with Gasteiger partial charge >= 0.3 is 0 Å². The quantitative estimate of drug-likeness (QED) is 0.690. The second-order valence-corrected chi connectivity index (χ2v) is 6.51. The molecule has 3 rings (SSSR count). The van der Waals surface area contributed by atoms with E-state index in [-0.39, 0.29) is 12.5 Å². The fourth-order valence-electron chi connectivity index (χ4n) is 2.34. The molecule has 0 saturated carbocycles. The van der Waals surface area contributed by atoms with Crippen molar-refractivity contribution in [3.05, 3.63) is 64.5 Å². The zero-order chi connectivity index (χ0) is 16.9. The molecular formula is C18H19N3O2S. The Morgan fingerprint density at radius 1 is 1.25 bits per heavy atom. The fourth-order valence-corrected chi connectivity index (χ4v) is 3.04. The first-order chi connectivity index (χ1) is 11.6. The fraction of sp³-hybridized carbons (Fsp3) is 0.222. The number of nitrogens with zero attached hydrogens (tertiary/aromatic N) is 3. The van der Waals surface area contributed by atoms with Crippen LogP contribution in [0.15, 0.2) is 54.0 Å². The summed E-state index contributed by atoms with van der Waals surface area (Å²) >= 11 is 1.62. The van der Waals surface area contributed by atoms with E-state index in [4.69, 9.17) is 4.74 Å². The van der Waals surface area contributed by atoms with E-state index in [2.05, 4.69) is 5.10 Å². The van der Waals surface area contributed by atoms with Crippen LogP contribution >= 0.6 is 11.3 Å². The van der Waals surface area contributed by atoms with E-state index in [1.807, 2.05) is 61.8 Å². The van der Waals surface area contributed by atoms with Crippen molar-refractivity contribution in [1.29, 1.82) is 0 Å². The maximum atomic E-state index is 12.7. The third-order valence-electron chi connectivity index (χ3n) is 3.65. The van der Waals surface area contributed by atoms with Crippen LogP contribution in [-0.4, -0.2) is 22.3 Å². The summed E-state index contributed by atoms with van der Waals surface area (Å²) in [6, 6.07) is 13.5. The Labute approximate surface area is 145 Å². The molecule has 2 heterocycles. The van der Waals surface area contributed by atoms with E-state index >= 15 is 0 Å². The number of anilines is 1. The molecule has 5 nitrogen and oxygen atoms in total. The van der Waals surface area contributed by atoms with Crippen LogP contribution in [0.4, 0.5) is 5.82 Å². The summed E-state index contributed by atoms with van der Waals surface area (Å²) in [5.41, 5.74) is 1.16. The van der Waals surface area contributed by atoms with Gasteiger partial charge in [-0.1, -0.05) is 23.8 Å². The van der Waals surface area contributed by atoms with Crippen LogP contribution in [0.2, 0.25) is 0 Å². The minimum absolute atomic E-state index is 0.0143. The minimum atomic E-state index is -0.104. The van der Waals surface area contributed by atoms with Crippen LogP contribution in [0.1, 0.15) is 10.4 Å². The number of thiophene rings is 1. The molecule has 0 aliphatic rings. The number of carbonyl (C=O) groups is 1. The van der Waals surface area contributed by atoms with Crippen LogP contribution < -0.4 is 9.64 Å². The standard InChI is InChI=1S/C18H19N3O2S/c1-14-5-7-15(8-6-14)23-13-18(22)21(12-16-4-3-11-24-16)17-9-10-19-20(17)2/h3-11H,12-13H2,1-2H3. The highest BCUT2D eigenvalue weighted by Gasteiger charge is 2.20. The number of amides is 1. The molecule has 0 unspecified atom stereocenters. The second kappa shape index (κ2) is 7.31. The maximum Gasteiger partial charge on any atom is 0.266 e. The molecule has 3 aromatic rings. The molecule has 0 aliphatic heterocycles. The molecule has 0 spiro atoms. The lowest BCUT2D eigenvalue weighted by atomic mass is 10.2. The average Bonchev–Trinajstić information content (AvgIpc) is 3.23. The number of hydrogen-bond donors (Lipinski definition) is 0. The van der Waals surface area contributed by atoms with Crippen molar-refractivity contribution in [3.8, 4) is 5.75 Å². The number of hydrogen-bond acceptors (Lipinski definition) is 4. The predicted molar refractivity (Wildman–Crippen MR) is 95.4 cm³/mol. The van der Waals surface area contributed by atoms with Gasteiger partial charge in [0.05, 0.1) is 12.7 Å². The molecule has 24 heavy (non-hydrogen) atoms. The van der Waals surface area contributed by atoms with Crippen molar-refractivity contribution in [1.82, 2.24) is 9.78 Å². The third-order valence-corrected chi connectivity index (χ3v) is 4.51. The van der Waals surface area contributed by atoms with Crippen LogP contribution in [0.3, 0.4) is 0 Å². The molecule has 0 bridgehead atoms. The van der Waals surface area contributed by atoms with Crippen molar-refractivity contribution < 1.29 is 9.53 Å². The average molecular weight is 341 g/mol. The molecule has 1 amide bonds. The summed E-state index contributed by atoms with van der Waals surface area (Å²) in [6.07, 6.45) is 1.69. The van der Waals surface area contributed by atoms with Crippen molar-refractivity contribution in [2.75, 3.05) is 11.5 Å². The van der Waals surface area contributed by atoms with E-state index in [0.717, 1.165) is 16.3 Å². The summed E-state index contributed by atoms with van der Waals surface area (Å²) in [5, 5.41) is 6.17. The van der Waals surface area contributed by atoms with E-state index in [9.17, 15) is 4.79 Å². The maximum absolute atomic E-state index is 12.7. The molecule has 0 N–H and O–H groups in total. The van der Waals surface area contributed by atoms with Gasteiger partial charge in [0.15, 0.2) is 6.61 Å². The Bertz CT molecular complexity index is 794. The first-order valence-electron chi connectivity index (χ1n) is 7.64. The first kappa shape index (κ1) is 16.3. The Hall–Kier alpha value is -2.60. The summed E-state index contributed by atoms with van der Waals surface area (Å²) in [6.45, 7) is 2.51. The molecule has 0 fully saturated rings. The van der Waals surface area contributed by atoms with Gasteiger partial charge in [-0.2, -0.15) is 5.10 Å². The van der Waals surface area contributed by atoms with Gasteiger partial charge in [0.1, 0.15) is 11.6 Å². The Morgan fingerprint density at radius 2 is 2.04 bits per heavy atom. The van der Waals surface area contributed by atoms with E-state index in [1.165, 1.54) is 0 Å². The summed E-state index contributed by atoms with van der Waals surface area (Å²) < 4.78 is 7.34. The van der Waals surface area contributed by atoms with Crippen molar-refractivity contribution in [3.63, 3.8) is 0 Å². The number of rotatable bonds is 6. The Kier molecular flexibility index (Phi) is 4.96. The number of benzene rings is 1. The number of aryl methyl sites for hydroxylation is 2. The highest BCUT2D eigenvalue weighted by Crippen LogP contribution is 2.20. The second-order valence-electron chi connectivity index (χ2n) is 5.47. The van der Waals surface area contributed by atoms with Gasteiger partial charge in [0.2, 0.25) is 0 Å². The molecule has 0 atom stereocenters. The van der Waals surface area contributed by atoms with E-state index in [0.29, 0.717) is 12.3 Å². The lowest BCUT2D eigenvalue weighted by molar-refractivity contribution is -0.120. The Morgan fingerprint density at radius 3 is 2.67 bits per heavy atom. The first-order valence-corrected chi connectivity index (χ1v) is 8.51. The van der Waals surface area contributed by atoms with Gasteiger partial charge in [-0.05, 0) is 30.5 Å². The molecule has 0 radical (unpaired) electrons. The normalized spacial score (nSPS) is 10.6. The molecule has 1 aromatic carbocycles. The van der Waals surface area contributed by atoms with Gasteiger partial charge in [-0.25, -0.2) is 0 Å². The molecule has 124 valence electrons. The summed E-state index contributed by atoms with van der Waals surface area (Å²) in [5.74, 6) is 1.34. The smallest absolute Gasteiger partial charge is 0.266 e. The molecule has 6 heteroatoms. The highest BCUT2D eigenvalue weighted by molar-refractivity contribution is 7.09. The topological polar surface area (TPSA) is 47.4 Å². The monoisotopic (exact) mass is 341 g/mol. The lowest BCUT2D eigenvalue weighted by Crippen LogP contribution is -2.35. The van der Waals surface area contributed by atoms with Crippen molar-refractivity contribution in [2.24, 2.45) is 7.05 Å². The van der Waals surface area contributed by atoms with Gasteiger partial charge in [-0.15, -0.1) is 11.3 Å². The molecular weight excluding hydrogens is 322 g/mol. The zero-order valence-electron chi connectivity index (χ0n) is 13.7. The number of ether oxygens (including phenoxy) is 1. The largest absolute Gasteiger partial charge is 0.484 e. The van der Waals surface area contributed by atoms with Gasteiger partial charge in [-0.3, -0.25) is 14.4 Å². The van der Waals surface area contributed by atoms with Crippen molar-refractivity contribution in [2.45, 2.75) is 13.5 Å². The molecule has 0 aliphatic carbocycles. The van der Waals surface area contributed by atoms with E-state index in [1.54, 1.807) is 27.1 Å². The highest BCUT2D eigenvalue weighted by atomic mass is 32.1. The van der Waals surface area contributed by atoms with E-state index < -0.39 is 0 Å². The summed E-state index contributed by atoms with van der Waals surface area (Å²) in [7, 11) is 1.82. The van der Waals surface area contributed by atoms with Gasteiger partial charge in [0.25, 0.3) is 5.91 Å². The molecule has 0 saturated heterocycles. The minimum Gasteiger partial charge on any atom is -0.484 e. The van der Waals surface area contributed by atoms with Crippen LogP contribution in [0.25, 0.3) is 0 Å². The van der Waals surface area contributed by atoms with Crippen molar-refractivity contribution >= 4 is 23.1 Å². The predicted octanol–water partition coefficient (Wildman–Crippen LogP) is 3.40. The number of carbonyl (C=O) groups excluding carboxylic acids is 1. The van der Waals surface area contributed by atoms with Crippen LogP contribution in [0.5, 0.6) is 5.75 Å². The Balaban J connectivity index is 1.73. The summed E-state index contributed by atoms with van der Waals surface area (Å²) in [4.78, 5) is 15.5. The lowest BCUT2D eigenvalue weighted by Gasteiger charge is -2.22. The van der Waals surface area contributed by atoms with Gasteiger partial charge in [0, 0.05) is 18.0 Å². The number of aromatic nitrogens is 2. The molecule has 2 aromatic heterocycles. The van der Waals surface area contributed by atoms with Gasteiger partial charge < -0.3 is 4.74 Å².